The summed E-state index contributed by atoms with van der Waals surface area (Å²) in [5, 5.41) is 3.02. The molecule has 4 heterocycles. The van der Waals surface area contributed by atoms with Crippen LogP contribution in [0.2, 0.25) is 0 Å². The Kier molecular flexibility index (Phi) is 5.66. The van der Waals surface area contributed by atoms with E-state index in [0.717, 1.165) is 43.0 Å². The maximum absolute atomic E-state index is 13.0. The summed E-state index contributed by atoms with van der Waals surface area (Å²) < 4.78 is 13.4. The molecule has 166 valence electrons. The van der Waals surface area contributed by atoms with Gasteiger partial charge in [-0.3, -0.25) is 4.98 Å². The number of nitrogens with zero attached hydrogens (tertiary/aromatic N) is 4. The Morgan fingerprint density at radius 3 is 2.81 bits per heavy atom. The number of hydrogen-bond donors (Lipinski definition) is 1. The Hall–Kier alpha value is -3.55. The van der Waals surface area contributed by atoms with Crippen molar-refractivity contribution in [3.05, 3.63) is 54.6 Å². The number of aryl methyl sites for hydroxylation is 1. The van der Waals surface area contributed by atoms with Crippen LogP contribution in [0.15, 0.2) is 48.9 Å². The average molecular weight is 434 g/mol. The van der Waals surface area contributed by atoms with Crippen LogP contribution in [-0.4, -0.2) is 51.8 Å². The highest BCUT2D eigenvalue weighted by Crippen LogP contribution is 2.33. The summed E-state index contributed by atoms with van der Waals surface area (Å²) in [5.74, 6) is 2.70. The van der Waals surface area contributed by atoms with E-state index < -0.39 is 0 Å². The predicted molar refractivity (Wildman–Crippen MR) is 121 cm³/mol. The number of aromatic nitrogens is 3. The lowest BCUT2D eigenvalue weighted by molar-refractivity contribution is 0.169. The number of piperidine rings is 1. The summed E-state index contributed by atoms with van der Waals surface area (Å²) in [6.45, 7) is 5.45. The van der Waals surface area contributed by atoms with Crippen molar-refractivity contribution in [1.29, 1.82) is 0 Å². The van der Waals surface area contributed by atoms with Crippen LogP contribution in [0.25, 0.3) is 11.4 Å². The Morgan fingerprint density at radius 2 is 1.97 bits per heavy atom. The van der Waals surface area contributed by atoms with Crippen molar-refractivity contribution in [2.24, 2.45) is 5.92 Å². The zero-order chi connectivity index (χ0) is 21.9. The van der Waals surface area contributed by atoms with Crippen LogP contribution in [0.3, 0.4) is 0 Å². The first kappa shape index (κ1) is 20.4. The van der Waals surface area contributed by atoms with Gasteiger partial charge in [0.2, 0.25) is 0 Å². The van der Waals surface area contributed by atoms with Crippen LogP contribution < -0.4 is 14.8 Å². The van der Waals surface area contributed by atoms with Crippen molar-refractivity contribution in [2.45, 2.75) is 26.3 Å². The fourth-order valence-corrected chi connectivity index (χ4v) is 4.40. The zero-order valence-electron chi connectivity index (χ0n) is 18.2. The summed E-state index contributed by atoms with van der Waals surface area (Å²) in [6.07, 6.45) is 7.55. The van der Waals surface area contributed by atoms with Gasteiger partial charge in [0.1, 0.15) is 19.0 Å². The molecule has 8 heteroatoms. The molecular formula is C24H27N5O3. The first-order valence-corrected chi connectivity index (χ1v) is 11.1. The SMILES string of the molecule is Cc1cnc(-c2ccncc2)n1CC1CCCN(C(=O)Nc2ccc3c(c2)OCCO3)C1. The lowest BCUT2D eigenvalue weighted by Gasteiger charge is -2.33. The number of fused-ring (bicyclic) bond motifs is 1. The van der Waals surface area contributed by atoms with Crippen LogP contribution in [0.4, 0.5) is 10.5 Å². The Bertz CT molecular complexity index is 1100. The summed E-state index contributed by atoms with van der Waals surface area (Å²) in [5.41, 5.74) is 2.89. The molecule has 32 heavy (non-hydrogen) atoms. The van der Waals surface area contributed by atoms with E-state index in [9.17, 15) is 4.79 Å². The molecule has 1 atom stereocenters. The fourth-order valence-electron chi connectivity index (χ4n) is 4.40. The van der Waals surface area contributed by atoms with Gasteiger partial charge in [-0.25, -0.2) is 9.78 Å². The number of carbonyl (C=O) groups excluding carboxylic acids is 1. The number of hydrogen-bond acceptors (Lipinski definition) is 5. The van der Waals surface area contributed by atoms with E-state index in [1.165, 1.54) is 0 Å². The molecule has 2 aliphatic rings. The largest absolute Gasteiger partial charge is 0.486 e. The van der Waals surface area contributed by atoms with Gasteiger partial charge in [-0.2, -0.15) is 0 Å². The summed E-state index contributed by atoms with van der Waals surface area (Å²) in [6, 6.07) is 9.39. The number of imidazole rings is 1. The number of likely N-dealkylation sites (tertiary alicyclic amines) is 1. The third-order valence-electron chi connectivity index (χ3n) is 6.03. The molecule has 0 radical (unpaired) electrons. The molecule has 0 spiro atoms. The van der Waals surface area contributed by atoms with Gasteiger partial charge >= 0.3 is 6.03 Å². The highest BCUT2D eigenvalue weighted by molar-refractivity contribution is 5.89. The van der Waals surface area contributed by atoms with Gasteiger partial charge in [0.25, 0.3) is 0 Å². The molecule has 1 aromatic carbocycles. The molecule has 3 aromatic rings. The molecule has 0 bridgehead atoms. The van der Waals surface area contributed by atoms with Crippen molar-refractivity contribution in [3.8, 4) is 22.9 Å². The van der Waals surface area contributed by atoms with Crippen LogP contribution in [0, 0.1) is 12.8 Å². The second-order valence-electron chi connectivity index (χ2n) is 8.31. The number of nitrogens with one attached hydrogen (secondary N) is 1. The monoisotopic (exact) mass is 433 g/mol. The van der Waals surface area contributed by atoms with Crippen molar-refractivity contribution < 1.29 is 14.3 Å². The Labute approximate surface area is 187 Å². The highest BCUT2D eigenvalue weighted by atomic mass is 16.6. The first-order chi connectivity index (χ1) is 15.7. The van der Waals surface area contributed by atoms with E-state index in [-0.39, 0.29) is 6.03 Å². The lowest BCUT2D eigenvalue weighted by atomic mass is 9.98. The van der Waals surface area contributed by atoms with Gasteiger partial charge in [-0.05, 0) is 49.9 Å². The van der Waals surface area contributed by atoms with Crippen LogP contribution in [-0.2, 0) is 6.54 Å². The molecule has 8 nitrogen and oxygen atoms in total. The molecule has 2 aliphatic heterocycles. The molecular weight excluding hydrogens is 406 g/mol. The van der Waals surface area contributed by atoms with Gasteiger partial charge in [0.05, 0.1) is 0 Å². The van der Waals surface area contributed by atoms with Crippen molar-refractivity contribution in [2.75, 3.05) is 31.6 Å². The fraction of sp³-hybridized carbons (Fsp3) is 0.375. The van der Waals surface area contributed by atoms with Gasteiger partial charge < -0.3 is 24.3 Å². The maximum atomic E-state index is 13.0. The molecule has 1 fully saturated rings. The van der Waals surface area contributed by atoms with E-state index in [4.69, 9.17) is 9.47 Å². The number of benzene rings is 1. The summed E-state index contributed by atoms with van der Waals surface area (Å²) >= 11 is 0. The van der Waals surface area contributed by atoms with Crippen LogP contribution in [0.5, 0.6) is 11.5 Å². The number of urea groups is 1. The Balaban J connectivity index is 1.25. The quantitative estimate of drug-likeness (QED) is 0.673. The number of anilines is 1. The third kappa shape index (κ3) is 4.26. The van der Waals surface area contributed by atoms with Crippen LogP contribution >= 0.6 is 0 Å². The number of carbonyl (C=O) groups is 1. The molecule has 1 saturated heterocycles. The van der Waals surface area contributed by atoms with E-state index in [1.807, 2.05) is 41.4 Å². The van der Waals surface area contributed by atoms with Gasteiger partial charge in [0, 0.05) is 61.2 Å². The minimum Gasteiger partial charge on any atom is -0.486 e. The Morgan fingerprint density at radius 1 is 1.16 bits per heavy atom. The van der Waals surface area contributed by atoms with Crippen molar-refractivity contribution in [3.63, 3.8) is 0 Å². The van der Waals surface area contributed by atoms with Gasteiger partial charge in [-0.1, -0.05) is 0 Å². The van der Waals surface area contributed by atoms with E-state index in [2.05, 4.69) is 26.8 Å². The normalized spacial score (nSPS) is 17.8. The van der Waals surface area contributed by atoms with E-state index >= 15 is 0 Å². The molecule has 1 N–H and O–H groups in total. The highest BCUT2D eigenvalue weighted by Gasteiger charge is 2.25. The standard InChI is InChI=1S/C24H27N5O3/c1-17-14-26-23(19-6-8-25-9-7-19)29(17)16-18-3-2-10-28(15-18)24(30)27-20-4-5-21-22(13-20)32-12-11-31-21/h4-9,13-14,18H,2-3,10-12,15-16H2,1H3,(H,27,30). The molecule has 5 rings (SSSR count). The zero-order valence-corrected chi connectivity index (χ0v) is 18.2. The average Bonchev–Trinajstić information content (AvgIpc) is 3.19. The van der Waals surface area contributed by atoms with E-state index in [1.54, 1.807) is 12.4 Å². The summed E-state index contributed by atoms with van der Waals surface area (Å²) in [7, 11) is 0. The van der Waals surface area contributed by atoms with Gasteiger partial charge in [-0.15, -0.1) is 0 Å². The van der Waals surface area contributed by atoms with E-state index in [0.29, 0.717) is 42.9 Å². The second-order valence-corrected chi connectivity index (χ2v) is 8.31. The molecule has 1 unspecified atom stereocenters. The molecule has 0 saturated carbocycles. The van der Waals surface area contributed by atoms with Crippen molar-refractivity contribution in [1.82, 2.24) is 19.4 Å². The third-order valence-corrected chi connectivity index (χ3v) is 6.03. The smallest absolute Gasteiger partial charge is 0.321 e. The first-order valence-electron chi connectivity index (χ1n) is 11.1. The molecule has 0 aliphatic carbocycles. The lowest BCUT2D eigenvalue weighted by Crippen LogP contribution is -2.43. The van der Waals surface area contributed by atoms with Crippen molar-refractivity contribution >= 4 is 11.7 Å². The predicted octanol–water partition coefficient (Wildman–Crippen LogP) is 3.97. The minimum atomic E-state index is -0.0805. The number of amides is 2. The van der Waals surface area contributed by atoms with Crippen LogP contribution in [0.1, 0.15) is 18.5 Å². The maximum Gasteiger partial charge on any atom is 0.321 e. The molecule has 2 aromatic heterocycles. The summed E-state index contributed by atoms with van der Waals surface area (Å²) in [4.78, 5) is 23.6. The number of ether oxygens (including phenoxy) is 2. The topological polar surface area (TPSA) is 81.5 Å². The molecule has 2 amide bonds. The minimum absolute atomic E-state index is 0.0805. The van der Waals surface area contributed by atoms with Gasteiger partial charge in [0.15, 0.2) is 11.5 Å². The second kappa shape index (κ2) is 8.90. The number of pyridine rings is 1. The number of rotatable bonds is 4.